The van der Waals surface area contributed by atoms with E-state index >= 15 is 0 Å². The Bertz CT molecular complexity index is 1030. The van der Waals surface area contributed by atoms with Crippen LogP contribution in [0.5, 0.6) is 0 Å². The molecule has 0 radical (unpaired) electrons. The van der Waals surface area contributed by atoms with Gasteiger partial charge in [-0.05, 0) is 126 Å². The Labute approximate surface area is 387 Å². The zero-order valence-electron chi connectivity index (χ0n) is 43.2. The van der Waals surface area contributed by atoms with Crippen LogP contribution < -0.4 is 0 Å². The highest BCUT2D eigenvalue weighted by Crippen LogP contribution is 2.48. The van der Waals surface area contributed by atoms with E-state index in [9.17, 15) is 9.59 Å². The number of piperidine rings is 1. The number of nitrogens with zero attached hydrogens (tertiary/aromatic N) is 1. The Hall–Kier alpha value is -0.923. The van der Waals surface area contributed by atoms with Crippen LogP contribution in [0.2, 0.25) is 18.1 Å². The van der Waals surface area contributed by atoms with Crippen LogP contribution in [0.1, 0.15) is 254 Å². The third-order valence-electron chi connectivity index (χ3n) is 16.0. The second-order valence-corrected chi connectivity index (χ2v) is 27.0. The van der Waals surface area contributed by atoms with Gasteiger partial charge in [0.25, 0.3) is 0 Å². The Balaban J connectivity index is 2.06. The highest BCUT2D eigenvalue weighted by atomic mass is 28.4. The molecule has 366 valence electrons. The lowest BCUT2D eigenvalue weighted by Gasteiger charge is -2.47. The molecule has 7 heteroatoms. The molecule has 0 atom stereocenters. The minimum absolute atomic E-state index is 0.00392. The maximum absolute atomic E-state index is 13.9. The number of carbonyl (C=O) groups excluding carboxylic acids is 2. The van der Waals surface area contributed by atoms with E-state index in [4.69, 9.17) is 13.9 Å². The molecule has 2 fully saturated rings. The van der Waals surface area contributed by atoms with Crippen LogP contribution in [0.4, 0.5) is 0 Å². The van der Waals surface area contributed by atoms with Crippen molar-refractivity contribution in [2.24, 2.45) is 29.1 Å². The van der Waals surface area contributed by atoms with Gasteiger partial charge in [-0.15, -0.1) is 0 Å². The van der Waals surface area contributed by atoms with Crippen molar-refractivity contribution >= 4 is 20.3 Å². The smallest absolute Gasteiger partial charge is 0.308 e. The largest absolute Gasteiger partial charge is 0.465 e. The normalized spacial score (nSPS) is 16.6. The molecule has 6 nitrogen and oxygen atoms in total. The van der Waals surface area contributed by atoms with Crippen molar-refractivity contribution in [2.45, 2.75) is 272 Å². The summed E-state index contributed by atoms with van der Waals surface area (Å²) in [5, 5.41) is 0.273. The fourth-order valence-corrected chi connectivity index (χ4v) is 11.2. The minimum atomic E-state index is -1.67. The summed E-state index contributed by atoms with van der Waals surface area (Å²) in [5.41, 5.74) is 0.442. The summed E-state index contributed by atoms with van der Waals surface area (Å²) in [4.78, 5) is 30.6. The summed E-state index contributed by atoms with van der Waals surface area (Å²) in [7, 11) is -1.67. The molecule has 1 spiro atoms. The average Bonchev–Trinajstić information content (AvgIpc) is 3.25. The molecule has 0 aromatic heterocycles. The van der Waals surface area contributed by atoms with Crippen molar-refractivity contribution in [2.75, 3.05) is 39.5 Å². The Morgan fingerprint density at radius 2 is 0.952 bits per heavy atom. The SMILES string of the molecule is CCCCCCCC(CCCCCCC)C(=O)OCC(COC(=O)C(CCCCCCC)CCCCCCC)C1CCC2(CC1)CCN(CCCCO[Si](C)(C)C(C)(C)C)CC2. The van der Waals surface area contributed by atoms with E-state index < -0.39 is 8.32 Å². The van der Waals surface area contributed by atoms with Crippen molar-refractivity contribution in [3.05, 3.63) is 0 Å². The Morgan fingerprint density at radius 1 is 0.565 bits per heavy atom. The number of hydrogen-bond donors (Lipinski definition) is 0. The van der Waals surface area contributed by atoms with E-state index in [-0.39, 0.29) is 34.7 Å². The number of likely N-dealkylation sites (tertiary alicyclic amines) is 1. The van der Waals surface area contributed by atoms with Crippen molar-refractivity contribution in [3.63, 3.8) is 0 Å². The van der Waals surface area contributed by atoms with Crippen molar-refractivity contribution in [1.82, 2.24) is 4.90 Å². The van der Waals surface area contributed by atoms with Crippen LogP contribution in [0.15, 0.2) is 0 Å². The van der Waals surface area contributed by atoms with Crippen LogP contribution >= 0.6 is 0 Å². The predicted molar refractivity (Wildman–Crippen MR) is 268 cm³/mol. The van der Waals surface area contributed by atoms with Gasteiger partial charge in [0.1, 0.15) is 0 Å². The maximum Gasteiger partial charge on any atom is 0.308 e. The van der Waals surface area contributed by atoms with E-state index in [1.807, 2.05) is 0 Å². The van der Waals surface area contributed by atoms with Gasteiger partial charge in [0.15, 0.2) is 8.32 Å². The first-order chi connectivity index (χ1) is 29.8. The van der Waals surface area contributed by atoms with Gasteiger partial charge in [-0.25, -0.2) is 0 Å². The van der Waals surface area contributed by atoms with Gasteiger partial charge in [-0.2, -0.15) is 0 Å². The second-order valence-electron chi connectivity index (χ2n) is 22.2. The van der Waals surface area contributed by atoms with Crippen molar-refractivity contribution < 1.29 is 23.5 Å². The Kier molecular flexibility index (Phi) is 30.9. The molecule has 0 amide bonds. The third-order valence-corrected chi connectivity index (χ3v) is 20.5. The molecule has 1 aliphatic carbocycles. The zero-order valence-corrected chi connectivity index (χ0v) is 44.2. The molecule has 1 heterocycles. The number of esters is 2. The third kappa shape index (κ3) is 24.0. The van der Waals surface area contributed by atoms with E-state index in [1.165, 1.54) is 154 Å². The number of hydrogen-bond acceptors (Lipinski definition) is 6. The van der Waals surface area contributed by atoms with Crippen LogP contribution in [0, 0.1) is 29.1 Å². The molecular formula is C55H107NO5Si. The van der Waals surface area contributed by atoms with Crippen LogP contribution in [0.3, 0.4) is 0 Å². The summed E-state index contributed by atoms with van der Waals surface area (Å²) in [5.74, 6) is 0.527. The van der Waals surface area contributed by atoms with Gasteiger partial charge >= 0.3 is 11.9 Å². The molecule has 2 aliphatic rings. The number of unbranched alkanes of at least 4 members (excludes halogenated alkanes) is 17. The summed E-state index contributed by atoms with van der Waals surface area (Å²) >= 11 is 0. The maximum atomic E-state index is 13.9. The second kappa shape index (κ2) is 33.5. The van der Waals surface area contributed by atoms with Gasteiger partial charge in [0, 0.05) is 12.5 Å². The fraction of sp³-hybridized carbons (Fsp3) is 0.964. The highest BCUT2D eigenvalue weighted by molar-refractivity contribution is 6.74. The zero-order chi connectivity index (χ0) is 45.5. The standard InChI is InChI=1S/C55H107NO5Si/c1-10-14-18-22-26-32-49(33-27-23-19-15-11-2)52(57)59-46-51(47-60-53(58)50(34-28-24-20-16-12-3)35-29-25-21-17-13-4)48-36-38-55(39-37-48)40-43-56(44-41-55)42-30-31-45-61-62(8,9)54(5,6)7/h48-51H,10-47H2,1-9H3. The van der Waals surface area contributed by atoms with Crippen LogP contribution in [0.25, 0.3) is 0 Å². The number of ether oxygens (including phenoxy) is 2. The molecule has 1 aliphatic heterocycles. The topological polar surface area (TPSA) is 65.1 Å². The average molecular weight is 891 g/mol. The van der Waals surface area contributed by atoms with Crippen LogP contribution in [-0.2, 0) is 23.5 Å². The molecule has 0 aromatic rings. The molecule has 1 saturated heterocycles. The molecule has 0 unspecified atom stereocenters. The number of carbonyl (C=O) groups is 2. The summed E-state index contributed by atoms with van der Waals surface area (Å²) in [6.07, 6.45) is 37.9. The lowest BCUT2D eigenvalue weighted by atomic mass is 9.63. The van der Waals surface area contributed by atoms with Gasteiger partial charge in [-0.1, -0.05) is 177 Å². The highest BCUT2D eigenvalue weighted by Gasteiger charge is 2.41. The first-order valence-corrected chi connectivity index (χ1v) is 30.4. The monoisotopic (exact) mass is 890 g/mol. The molecular weight excluding hydrogens is 783 g/mol. The lowest BCUT2D eigenvalue weighted by Crippen LogP contribution is -2.43. The van der Waals surface area contributed by atoms with E-state index in [0.717, 1.165) is 77.2 Å². The molecule has 0 bridgehead atoms. The van der Waals surface area contributed by atoms with E-state index in [1.54, 1.807) is 0 Å². The quantitative estimate of drug-likeness (QED) is 0.0352. The van der Waals surface area contributed by atoms with Crippen molar-refractivity contribution in [3.8, 4) is 0 Å². The van der Waals surface area contributed by atoms with Gasteiger partial charge in [0.2, 0.25) is 0 Å². The molecule has 0 aromatic carbocycles. The minimum Gasteiger partial charge on any atom is -0.465 e. The Morgan fingerprint density at radius 3 is 1.32 bits per heavy atom. The van der Waals surface area contributed by atoms with Crippen molar-refractivity contribution in [1.29, 1.82) is 0 Å². The summed E-state index contributed by atoms with van der Waals surface area (Å²) in [6, 6.07) is 0. The first-order valence-electron chi connectivity index (χ1n) is 27.5. The molecule has 0 N–H and O–H groups in total. The molecule has 2 rings (SSSR count). The number of rotatable bonds is 37. The summed E-state index contributed by atoms with van der Waals surface area (Å²) < 4.78 is 19.2. The predicted octanol–water partition coefficient (Wildman–Crippen LogP) is 16.4. The first kappa shape index (κ1) is 57.2. The van der Waals surface area contributed by atoms with E-state index in [0.29, 0.717) is 24.5 Å². The van der Waals surface area contributed by atoms with Gasteiger partial charge in [-0.3, -0.25) is 9.59 Å². The molecule has 62 heavy (non-hydrogen) atoms. The van der Waals surface area contributed by atoms with Gasteiger partial charge in [0.05, 0.1) is 25.0 Å². The van der Waals surface area contributed by atoms with Gasteiger partial charge < -0.3 is 18.8 Å². The lowest BCUT2D eigenvalue weighted by molar-refractivity contribution is -0.156. The molecule has 1 saturated carbocycles. The fourth-order valence-electron chi connectivity index (χ4n) is 10.1. The van der Waals surface area contributed by atoms with Crippen LogP contribution in [-0.4, -0.2) is 64.6 Å². The summed E-state index contributed by atoms with van der Waals surface area (Å²) in [6.45, 7) is 26.1. The van der Waals surface area contributed by atoms with E-state index in [2.05, 4.69) is 66.5 Å².